The average molecular weight is 541 g/mol. The highest BCUT2D eigenvalue weighted by molar-refractivity contribution is 5.39. The Hall–Kier alpha value is -2.86. The summed E-state index contributed by atoms with van der Waals surface area (Å²) >= 11 is 0. The minimum absolute atomic E-state index is 0.291. The van der Waals surface area contributed by atoms with Crippen molar-refractivity contribution in [3.8, 4) is 0 Å². The van der Waals surface area contributed by atoms with Crippen molar-refractivity contribution in [2.75, 3.05) is 0 Å². The number of allylic oxidation sites excluding steroid dienone is 22. The molecule has 2 aliphatic carbocycles. The van der Waals surface area contributed by atoms with E-state index in [2.05, 4.69) is 154 Å². The standard InChI is InChI=1S/C40H56/c1-31(19-13-21-33(3)25-27-37-35(5)23-15-29-39(37,7)8)17-11-12-18-32(2)20-14-22-34(4)26-28-38-36(6)24-16-30-40(38,9)10/h11-14,17-22,25-28H,15-16,23-24,29-30H2,1-10H3/b12-11+,19-13+,20-14+,27-25+,28-26+,31-17+,32-18+,33-21+,34-22+/i27+2,28+2. The fraction of sp³-hybridized carbons (Fsp3) is 0.450. The van der Waals surface area contributed by atoms with Crippen molar-refractivity contribution >= 4 is 0 Å². The highest BCUT2D eigenvalue weighted by Gasteiger charge is 2.27. The predicted octanol–water partition coefficient (Wildman–Crippen LogP) is 12.6. The van der Waals surface area contributed by atoms with Crippen LogP contribution in [0.1, 0.15) is 108 Å². The molecule has 0 unspecified atom stereocenters. The smallest absolute Gasteiger partial charge is 0.0104 e. The highest BCUT2D eigenvalue weighted by Crippen LogP contribution is 2.41. The van der Waals surface area contributed by atoms with Crippen LogP contribution in [0.2, 0.25) is 0 Å². The van der Waals surface area contributed by atoms with Gasteiger partial charge in [0.2, 0.25) is 0 Å². The van der Waals surface area contributed by atoms with E-state index in [0.717, 1.165) is 0 Å². The second-order valence-electron chi connectivity index (χ2n) is 13.3. The van der Waals surface area contributed by atoms with Gasteiger partial charge in [-0.1, -0.05) is 146 Å². The lowest BCUT2D eigenvalue weighted by Gasteiger charge is -2.33. The summed E-state index contributed by atoms with van der Waals surface area (Å²) in [6.07, 6.45) is 38.4. The average Bonchev–Trinajstić information content (AvgIpc) is 2.85. The Morgan fingerprint density at radius 1 is 0.550 bits per heavy atom. The lowest BCUT2D eigenvalue weighted by atomic mass is 9.77. The molecule has 0 N–H and O–H groups in total. The van der Waals surface area contributed by atoms with E-state index >= 15 is 0 Å². The van der Waals surface area contributed by atoms with E-state index in [1.165, 1.54) is 72.0 Å². The lowest BCUT2D eigenvalue weighted by molar-refractivity contribution is 0.376. The van der Waals surface area contributed by atoms with Gasteiger partial charge in [0.15, 0.2) is 0 Å². The van der Waals surface area contributed by atoms with Crippen molar-refractivity contribution in [3.63, 3.8) is 0 Å². The molecular formula is C40H56. The highest BCUT2D eigenvalue weighted by atomic mass is 14.8. The van der Waals surface area contributed by atoms with Crippen LogP contribution in [0.3, 0.4) is 0 Å². The SMILES string of the molecule is CC1=C(/[14CH]=C/C(C)=C/C=C/C(C)=C/C=C/C=C(C)/C=C/C=C(C)/C=[14CH]/C2=C(C)CCCC2(C)C)C(C)(C)CCC1. The zero-order valence-electron chi connectivity index (χ0n) is 27.3. The van der Waals surface area contributed by atoms with E-state index < -0.39 is 0 Å². The summed E-state index contributed by atoms with van der Waals surface area (Å²) < 4.78 is 0. The maximum Gasteiger partial charge on any atom is -0.0104 e. The molecule has 0 nitrogen and oxygen atoms in total. The summed E-state index contributed by atoms with van der Waals surface area (Å²) in [6.45, 7) is 22.7. The molecular weight excluding hydrogens is 484 g/mol. The quantitative estimate of drug-likeness (QED) is 0.242. The number of hydrogen-bond acceptors (Lipinski definition) is 0. The zero-order valence-corrected chi connectivity index (χ0v) is 27.3. The normalized spacial score (nSPS) is 21.9. The van der Waals surface area contributed by atoms with Crippen molar-refractivity contribution in [2.24, 2.45) is 10.8 Å². The molecule has 216 valence electrons. The second-order valence-corrected chi connectivity index (χ2v) is 13.3. The molecule has 0 spiro atoms. The largest absolute Gasteiger partial charge is 0.0696 e. The molecule has 0 heteroatoms. The van der Waals surface area contributed by atoms with E-state index in [0.29, 0.717) is 10.8 Å². The van der Waals surface area contributed by atoms with Gasteiger partial charge in [0.05, 0.1) is 0 Å². The molecule has 2 aliphatic rings. The molecule has 0 aromatic rings. The van der Waals surface area contributed by atoms with E-state index in [4.69, 9.17) is 0 Å². The fourth-order valence-electron chi connectivity index (χ4n) is 5.79. The Morgan fingerprint density at radius 3 is 1.25 bits per heavy atom. The van der Waals surface area contributed by atoms with Gasteiger partial charge in [-0.15, -0.1) is 0 Å². The Kier molecular flexibility index (Phi) is 13.2. The molecule has 0 saturated carbocycles. The first-order valence-corrected chi connectivity index (χ1v) is 15.3. The number of hydrogen-bond donors (Lipinski definition) is 0. The van der Waals surface area contributed by atoms with Crippen LogP contribution in [0.15, 0.2) is 130 Å². The van der Waals surface area contributed by atoms with Crippen LogP contribution >= 0.6 is 0 Å². The van der Waals surface area contributed by atoms with Crippen molar-refractivity contribution < 1.29 is 0 Å². The summed E-state index contributed by atoms with van der Waals surface area (Å²) in [7, 11) is 0. The molecule has 0 atom stereocenters. The molecule has 0 aromatic heterocycles. The number of rotatable bonds is 10. The summed E-state index contributed by atoms with van der Waals surface area (Å²) in [5.41, 5.74) is 11.7. The van der Waals surface area contributed by atoms with Gasteiger partial charge in [-0.3, -0.25) is 0 Å². The first-order chi connectivity index (χ1) is 18.8. The van der Waals surface area contributed by atoms with Crippen LogP contribution in [-0.4, -0.2) is 0 Å². The summed E-state index contributed by atoms with van der Waals surface area (Å²) in [5.74, 6) is 0. The molecule has 0 radical (unpaired) electrons. The van der Waals surface area contributed by atoms with Gasteiger partial charge < -0.3 is 0 Å². The van der Waals surface area contributed by atoms with Gasteiger partial charge in [0, 0.05) is 0 Å². The van der Waals surface area contributed by atoms with Crippen LogP contribution < -0.4 is 0 Å². The molecule has 0 heterocycles. The van der Waals surface area contributed by atoms with Crippen molar-refractivity contribution in [2.45, 2.75) is 108 Å². The minimum atomic E-state index is 0.291. The van der Waals surface area contributed by atoms with Crippen LogP contribution in [0.4, 0.5) is 0 Å². The Balaban J connectivity index is 1.89. The Morgan fingerprint density at radius 2 is 0.900 bits per heavy atom. The Labute approximate surface area is 247 Å². The van der Waals surface area contributed by atoms with E-state index in [-0.39, 0.29) is 0 Å². The van der Waals surface area contributed by atoms with Gasteiger partial charge in [-0.25, -0.2) is 0 Å². The molecule has 0 fully saturated rings. The van der Waals surface area contributed by atoms with Crippen LogP contribution in [-0.2, 0) is 0 Å². The van der Waals surface area contributed by atoms with Gasteiger partial charge >= 0.3 is 0 Å². The van der Waals surface area contributed by atoms with Crippen LogP contribution in [0.5, 0.6) is 0 Å². The van der Waals surface area contributed by atoms with E-state index in [9.17, 15) is 0 Å². The maximum atomic E-state index is 2.37. The summed E-state index contributed by atoms with van der Waals surface area (Å²) in [5, 5.41) is 0. The first kappa shape index (κ1) is 33.3. The zero-order chi connectivity index (χ0) is 29.8. The van der Waals surface area contributed by atoms with Crippen molar-refractivity contribution in [3.05, 3.63) is 130 Å². The second kappa shape index (κ2) is 15.8. The van der Waals surface area contributed by atoms with E-state index in [1.807, 2.05) is 0 Å². The monoisotopic (exact) mass is 540 g/mol. The van der Waals surface area contributed by atoms with Gasteiger partial charge in [-0.05, 0) is 102 Å². The third-order valence-electron chi connectivity index (χ3n) is 8.38. The molecule has 0 aliphatic heterocycles. The lowest BCUT2D eigenvalue weighted by Crippen LogP contribution is -2.19. The molecule has 0 saturated heterocycles. The van der Waals surface area contributed by atoms with Crippen LogP contribution in [0.25, 0.3) is 0 Å². The molecule has 2 rings (SSSR count). The topological polar surface area (TPSA) is 0 Å². The summed E-state index contributed by atoms with van der Waals surface area (Å²) in [6, 6.07) is 0. The Bertz CT molecular complexity index is 1120. The van der Waals surface area contributed by atoms with Crippen molar-refractivity contribution in [1.82, 2.24) is 0 Å². The fourth-order valence-corrected chi connectivity index (χ4v) is 5.79. The van der Waals surface area contributed by atoms with Gasteiger partial charge in [0.25, 0.3) is 0 Å². The minimum Gasteiger partial charge on any atom is -0.0696 e. The van der Waals surface area contributed by atoms with Crippen molar-refractivity contribution in [1.29, 1.82) is 0 Å². The van der Waals surface area contributed by atoms with Gasteiger partial charge in [-0.2, -0.15) is 0 Å². The predicted molar refractivity (Wildman–Crippen MR) is 181 cm³/mol. The molecule has 0 aromatic carbocycles. The molecule has 0 bridgehead atoms. The van der Waals surface area contributed by atoms with E-state index in [1.54, 1.807) is 11.1 Å². The molecule has 40 heavy (non-hydrogen) atoms. The molecule has 0 amide bonds. The first-order valence-electron chi connectivity index (χ1n) is 15.3. The van der Waals surface area contributed by atoms with Crippen LogP contribution in [0, 0.1) is 10.8 Å². The third-order valence-corrected chi connectivity index (χ3v) is 8.38. The third kappa shape index (κ3) is 11.3. The van der Waals surface area contributed by atoms with Gasteiger partial charge in [0.1, 0.15) is 0 Å². The summed E-state index contributed by atoms with van der Waals surface area (Å²) in [4.78, 5) is 0. The maximum absolute atomic E-state index is 2.37.